The molecular weight excluding hydrogens is 330 g/mol. The number of ether oxygens (including phenoxy) is 2. The topological polar surface area (TPSA) is 73.3 Å². The minimum absolute atomic E-state index is 0.164. The maximum Gasteiger partial charge on any atom is 0.262 e. The molecule has 0 saturated carbocycles. The average Bonchev–Trinajstić information content (AvgIpc) is 2.67. The fraction of sp³-hybridized carbons (Fsp3) is 0.150. The molecule has 132 valence electrons. The monoisotopic (exact) mass is 349 g/mol. The summed E-state index contributed by atoms with van der Waals surface area (Å²) in [6.07, 6.45) is 0. The van der Waals surface area contributed by atoms with Gasteiger partial charge < -0.3 is 14.8 Å². The highest BCUT2D eigenvalue weighted by molar-refractivity contribution is 5.93. The molecule has 0 aliphatic rings. The Hall–Kier alpha value is -3.41. The van der Waals surface area contributed by atoms with Crippen molar-refractivity contribution in [2.75, 3.05) is 19.0 Å². The lowest BCUT2D eigenvalue weighted by atomic mass is 10.2. The van der Waals surface area contributed by atoms with E-state index in [1.165, 1.54) is 0 Å². The van der Waals surface area contributed by atoms with Crippen LogP contribution >= 0.6 is 0 Å². The second-order valence-electron chi connectivity index (χ2n) is 5.57. The number of methoxy groups -OCH3 is 1. The SMILES string of the molecule is COc1ccccc1NC(=O)COc1cc(C)nc(-c2ccccc2)n1. The molecule has 1 N–H and O–H groups in total. The average molecular weight is 349 g/mol. The van der Waals surface area contributed by atoms with Crippen molar-refractivity contribution in [3.63, 3.8) is 0 Å². The Morgan fingerprint density at radius 3 is 2.54 bits per heavy atom. The second-order valence-corrected chi connectivity index (χ2v) is 5.57. The first-order valence-corrected chi connectivity index (χ1v) is 8.12. The molecule has 3 rings (SSSR count). The lowest BCUT2D eigenvalue weighted by Gasteiger charge is -2.11. The molecule has 0 fully saturated rings. The van der Waals surface area contributed by atoms with Crippen LogP contribution in [-0.4, -0.2) is 29.6 Å². The van der Waals surface area contributed by atoms with Gasteiger partial charge in [-0.3, -0.25) is 4.79 Å². The van der Waals surface area contributed by atoms with Gasteiger partial charge in [-0.15, -0.1) is 0 Å². The predicted octanol–water partition coefficient (Wildman–Crippen LogP) is 3.48. The van der Waals surface area contributed by atoms with Crippen molar-refractivity contribution in [1.29, 1.82) is 0 Å². The highest BCUT2D eigenvalue weighted by atomic mass is 16.5. The zero-order valence-corrected chi connectivity index (χ0v) is 14.6. The summed E-state index contributed by atoms with van der Waals surface area (Å²) in [5, 5.41) is 2.76. The van der Waals surface area contributed by atoms with Crippen molar-refractivity contribution in [3.05, 3.63) is 66.4 Å². The Kier molecular flexibility index (Phi) is 5.43. The van der Waals surface area contributed by atoms with E-state index < -0.39 is 0 Å². The fourth-order valence-electron chi connectivity index (χ4n) is 2.40. The second kappa shape index (κ2) is 8.11. The molecule has 6 nitrogen and oxygen atoms in total. The number of nitrogens with zero attached hydrogens (tertiary/aromatic N) is 2. The van der Waals surface area contributed by atoms with Crippen molar-refractivity contribution < 1.29 is 14.3 Å². The van der Waals surface area contributed by atoms with Crippen LogP contribution in [0.25, 0.3) is 11.4 Å². The normalized spacial score (nSPS) is 10.2. The number of anilines is 1. The molecule has 1 aromatic heterocycles. The Balaban J connectivity index is 1.68. The Bertz CT molecular complexity index is 898. The third kappa shape index (κ3) is 4.36. The Morgan fingerprint density at radius 2 is 1.77 bits per heavy atom. The summed E-state index contributed by atoms with van der Waals surface area (Å²) in [5.41, 5.74) is 2.24. The fourth-order valence-corrected chi connectivity index (χ4v) is 2.40. The van der Waals surface area contributed by atoms with Crippen LogP contribution in [0, 0.1) is 6.92 Å². The van der Waals surface area contributed by atoms with Crippen molar-refractivity contribution in [3.8, 4) is 23.0 Å². The molecule has 3 aromatic rings. The Labute approximate surface area is 151 Å². The number of nitrogens with one attached hydrogen (secondary N) is 1. The Morgan fingerprint density at radius 1 is 1.04 bits per heavy atom. The van der Waals surface area contributed by atoms with E-state index in [4.69, 9.17) is 9.47 Å². The van der Waals surface area contributed by atoms with Gasteiger partial charge in [0.2, 0.25) is 5.88 Å². The van der Waals surface area contributed by atoms with Gasteiger partial charge in [-0.2, -0.15) is 4.98 Å². The maximum atomic E-state index is 12.2. The van der Waals surface area contributed by atoms with Crippen molar-refractivity contribution in [1.82, 2.24) is 9.97 Å². The number of hydrogen-bond donors (Lipinski definition) is 1. The maximum absolute atomic E-state index is 12.2. The lowest BCUT2D eigenvalue weighted by Crippen LogP contribution is -2.21. The summed E-state index contributed by atoms with van der Waals surface area (Å²) < 4.78 is 10.8. The summed E-state index contributed by atoms with van der Waals surface area (Å²) in [6, 6.07) is 18.5. The molecule has 0 saturated heterocycles. The van der Waals surface area contributed by atoms with Crippen LogP contribution in [0.15, 0.2) is 60.7 Å². The number of para-hydroxylation sites is 2. The summed E-state index contributed by atoms with van der Waals surface area (Å²) >= 11 is 0. The zero-order valence-electron chi connectivity index (χ0n) is 14.6. The number of rotatable bonds is 6. The van der Waals surface area contributed by atoms with Crippen LogP contribution in [0.4, 0.5) is 5.69 Å². The van der Waals surface area contributed by atoms with Gasteiger partial charge in [0.1, 0.15) is 5.75 Å². The molecule has 0 aliphatic heterocycles. The molecule has 0 unspecified atom stereocenters. The van der Waals surface area contributed by atoms with Crippen molar-refractivity contribution in [2.24, 2.45) is 0 Å². The van der Waals surface area contributed by atoms with E-state index in [0.717, 1.165) is 11.3 Å². The largest absolute Gasteiger partial charge is 0.495 e. The summed E-state index contributed by atoms with van der Waals surface area (Å²) in [7, 11) is 1.55. The summed E-state index contributed by atoms with van der Waals surface area (Å²) in [5.74, 6) is 1.20. The molecule has 0 radical (unpaired) electrons. The third-order valence-electron chi connectivity index (χ3n) is 3.59. The van der Waals surface area contributed by atoms with E-state index in [0.29, 0.717) is 23.1 Å². The van der Waals surface area contributed by atoms with Crippen LogP contribution in [0.1, 0.15) is 5.69 Å². The molecular formula is C20H19N3O3. The molecule has 1 heterocycles. The minimum atomic E-state index is -0.299. The van der Waals surface area contributed by atoms with Crippen LogP contribution in [0.2, 0.25) is 0 Å². The van der Waals surface area contributed by atoms with Crippen LogP contribution < -0.4 is 14.8 Å². The molecule has 0 atom stereocenters. The van der Waals surface area contributed by atoms with Gasteiger partial charge in [0.15, 0.2) is 12.4 Å². The highest BCUT2D eigenvalue weighted by Crippen LogP contribution is 2.23. The number of hydrogen-bond acceptors (Lipinski definition) is 5. The van der Waals surface area contributed by atoms with E-state index in [1.807, 2.05) is 49.4 Å². The van der Waals surface area contributed by atoms with Crippen molar-refractivity contribution >= 4 is 11.6 Å². The summed E-state index contributed by atoms with van der Waals surface area (Å²) in [6.45, 7) is 1.69. The number of benzene rings is 2. The predicted molar refractivity (Wildman–Crippen MR) is 99.3 cm³/mol. The third-order valence-corrected chi connectivity index (χ3v) is 3.59. The van der Waals surface area contributed by atoms with Gasteiger partial charge in [-0.1, -0.05) is 42.5 Å². The van der Waals surface area contributed by atoms with E-state index in [1.54, 1.807) is 25.3 Å². The molecule has 0 aliphatic carbocycles. The lowest BCUT2D eigenvalue weighted by molar-refractivity contribution is -0.118. The van der Waals surface area contributed by atoms with Gasteiger partial charge in [0, 0.05) is 17.3 Å². The smallest absolute Gasteiger partial charge is 0.262 e. The standard InChI is InChI=1S/C20H19N3O3/c1-14-12-19(23-20(21-14)15-8-4-3-5-9-15)26-13-18(24)22-16-10-6-7-11-17(16)25-2/h3-12H,13H2,1-2H3,(H,22,24). The number of carbonyl (C=O) groups excluding carboxylic acids is 1. The highest BCUT2D eigenvalue weighted by Gasteiger charge is 2.10. The van der Waals surface area contributed by atoms with E-state index in [2.05, 4.69) is 15.3 Å². The van der Waals surface area contributed by atoms with E-state index in [-0.39, 0.29) is 12.5 Å². The van der Waals surface area contributed by atoms with Gasteiger partial charge in [0.25, 0.3) is 5.91 Å². The van der Waals surface area contributed by atoms with E-state index in [9.17, 15) is 4.79 Å². The number of aryl methyl sites for hydroxylation is 1. The molecule has 0 spiro atoms. The van der Waals surface area contributed by atoms with Gasteiger partial charge in [-0.05, 0) is 19.1 Å². The minimum Gasteiger partial charge on any atom is -0.495 e. The van der Waals surface area contributed by atoms with Crippen LogP contribution in [0.3, 0.4) is 0 Å². The first kappa shape index (κ1) is 17.4. The van der Waals surface area contributed by atoms with Crippen molar-refractivity contribution in [2.45, 2.75) is 6.92 Å². The number of carbonyl (C=O) groups is 1. The first-order valence-electron chi connectivity index (χ1n) is 8.12. The van der Waals surface area contributed by atoms with Crippen LogP contribution in [0.5, 0.6) is 11.6 Å². The number of aromatic nitrogens is 2. The summed E-state index contributed by atoms with van der Waals surface area (Å²) in [4.78, 5) is 21.0. The van der Waals surface area contributed by atoms with E-state index >= 15 is 0 Å². The molecule has 2 aromatic carbocycles. The first-order chi connectivity index (χ1) is 12.7. The quantitative estimate of drug-likeness (QED) is 0.737. The van der Waals surface area contributed by atoms with Gasteiger partial charge in [0.05, 0.1) is 12.8 Å². The molecule has 1 amide bonds. The molecule has 6 heteroatoms. The van der Waals surface area contributed by atoms with Gasteiger partial charge >= 0.3 is 0 Å². The molecule has 0 bridgehead atoms. The van der Waals surface area contributed by atoms with Gasteiger partial charge in [-0.25, -0.2) is 4.98 Å². The van der Waals surface area contributed by atoms with Crippen LogP contribution in [-0.2, 0) is 4.79 Å². The molecule has 26 heavy (non-hydrogen) atoms. The number of amides is 1. The zero-order chi connectivity index (χ0) is 18.4.